The molecule has 0 amide bonds. The standard InChI is InChI=1S/C13H13NO.ClH/c1-2-4-11-8-13-12(7-10(11)3-1)9-14-5-6-15-13;/h1-4,7-8,14H,5-6,9H2;1H. The smallest absolute Gasteiger partial charge is 0.124 e. The molecule has 1 aliphatic heterocycles. The van der Waals surface area contributed by atoms with Crippen LogP contribution in [0.4, 0.5) is 0 Å². The average Bonchev–Trinajstić information content (AvgIpc) is 2.50. The Hall–Kier alpha value is -1.25. The van der Waals surface area contributed by atoms with Crippen LogP contribution in [0.15, 0.2) is 36.4 Å². The highest BCUT2D eigenvalue weighted by Gasteiger charge is 2.08. The SMILES string of the molecule is Cl.c1ccc2cc3c(cc2c1)CNCCO3. The van der Waals surface area contributed by atoms with Gasteiger partial charge in [-0.3, -0.25) is 0 Å². The summed E-state index contributed by atoms with van der Waals surface area (Å²) in [6.07, 6.45) is 0. The summed E-state index contributed by atoms with van der Waals surface area (Å²) < 4.78 is 5.69. The molecule has 1 heterocycles. The number of fused-ring (bicyclic) bond motifs is 2. The van der Waals surface area contributed by atoms with E-state index in [0.717, 1.165) is 25.4 Å². The van der Waals surface area contributed by atoms with Gasteiger partial charge in [0.2, 0.25) is 0 Å². The maximum Gasteiger partial charge on any atom is 0.124 e. The minimum Gasteiger partial charge on any atom is -0.492 e. The van der Waals surface area contributed by atoms with Crippen LogP contribution in [0, 0.1) is 0 Å². The summed E-state index contributed by atoms with van der Waals surface area (Å²) in [7, 11) is 0. The Labute approximate surface area is 101 Å². The molecule has 0 spiro atoms. The van der Waals surface area contributed by atoms with E-state index in [1.807, 2.05) is 0 Å². The molecular formula is C13H14ClNO. The van der Waals surface area contributed by atoms with Gasteiger partial charge in [0.25, 0.3) is 0 Å². The molecule has 0 aliphatic carbocycles. The van der Waals surface area contributed by atoms with Gasteiger partial charge in [0.15, 0.2) is 0 Å². The summed E-state index contributed by atoms with van der Waals surface area (Å²) in [6, 6.07) is 12.7. The Balaban J connectivity index is 0.000000963. The van der Waals surface area contributed by atoms with Crippen LogP contribution < -0.4 is 10.1 Å². The zero-order valence-corrected chi connectivity index (χ0v) is 9.72. The van der Waals surface area contributed by atoms with Gasteiger partial charge in [-0.25, -0.2) is 0 Å². The first-order chi connectivity index (χ1) is 7.43. The second-order valence-electron chi connectivity index (χ2n) is 3.83. The lowest BCUT2D eigenvalue weighted by atomic mass is 10.1. The van der Waals surface area contributed by atoms with Gasteiger partial charge in [-0.05, 0) is 22.9 Å². The third kappa shape index (κ3) is 1.99. The number of hydrogen-bond acceptors (Lipinski definition) is 2. The number of nitrogens with one attached hydrogen (secondary N) is 1. The Kier molecular flexibility index (Phi) is 3.32. The van der Waals surface area contributed by atoms with E-state index in [4.69, 9.17) is 4.74 Å². The summed E-state index contributed by atoms with van der Waals surface area (Å²) in [5, 5.41) is 5.87. The molecule has 2 aromatic rings. The van der Waals surface area contributed by atoms with E-state index in [0.29, 0.717) is 0 Å². The molecule has 0 bridgehead atoms. The highest BCUT2D eigenvalue weighted by Crippen LogP contribution is 2.26. The molecule has 0 fully saturated rings. The molecule has 0 saturated carbocycles. The first-order valence-electron chi connectivity index (χ1n) is 5.29. The molecule has 0 unspecified atom stereocenters. The maximum absolute atomic E-state index is 5.69. The Morgan fingerprint density at radius 3 is 2.62 bits per heavy atom. The van der Waals surface area contributed by atoms with Crippen molar-refractivity contribution < 1.29 is 4.74 Å². The average molecular weight is 236 g/mol. The molecule has 0 radical (unpaired) electrons. The molecule has 0 aromatic heterocycles. The fraction of sp³-hybridized carbons (Fsp3) is 0.231. The Morgan fingerprint density at radius 2 is 1.81 bits per heavy atom. The van der Waals surface area contributed by atoms with Crippen molar-refractivity contribution >= 4 is 23.2 Å². The van der Waals surface area contributed by atoms with Crippen molar-refractivity contribution in [2.24, 2.45) is 0 Å². The zero-order valence-electron chi connectivity index (χ0n) is 8.90. The molecule has 3 heteroatoms. The predicted octanol–water partition coefficient (Wildman–Crippen LogP) is 2.74. The van der Waals surface area contributed by atoms with E-state index in [1.54, 1.807) is 0 Å². The highest BCUT2D eigenvalue weighted by atomic mass is 35.5. The molecule has 0 atom stereocenters. The summed E-state index contributed by atoms with van der Waals surface area (Å²) in [6.45, 7) is 2.58. The van der Waals surface area contributed by atoms with Crippen molar-refractivity contribution in [2.45, 2.75) is 6.54 Å². The molecule has 1 N–H and O–H groups in total. The van der Waals surface area contributed by atoms with E-state index >= 15 is 0 Å². The summed E-state index contributed by atoms with van der Waals surface area (Å²) in [5.74, 6) is 1.03. The fourth-order valence-electron chi connectivity index (χ4n) is 2.00. The fourth-order valence-corrected chi connectivity index (χ4v) is 2.00. The van der Waals surface area contributed by atoms with Crippen molar-refractivity contribution in [2.75, 3.05) is 13.2 Å². The molecular weight excluding hydrogens is 222 g/mol. The number of benzene rings is 2. The van der Waals surface area contributed by atoms with Crippen LogP contribution in [-0.4, -0.2) is 13.2 Å². The number of halogens is 1. The van der Waals surface area contributed by atoms with Crippen LogP contribution in [0.2, 0.25) is 0 Å². The number of ether oxygens (including phenoxy) is 1. The predicted molar refractivity (Wildman–Crippen MR) is 68.4 cm³/mol. The molecule has 0 saturated heterocycles. The van der Waals surface area contributed by atoms with Gasteiger partial charge < -0.3 is 10.1 Å². The van der Waals surface area contributed by atoms with Crippen LogP contribution >= 0.6 is 12.4 Å². The van der Waals surface area contributed by atoms with Crippen LogP contribution in [0.5, 0.6) is 5.75 Å². The normalized spacial score (nSPS) is 14.5. The van der Waals surface area contributed by atoms with Gasteiger partial charge in [-0.15, -0.1) is 12.4 Å². The van der Waals surface area contributed by atoms with Crippen molar-refractivity contribution in [3.8, 4) is 5.75 Å². The molecule has 3 rings (SSSR count). The first kappa shape index (κ1) is 11.2. The van der Waals surface area contributed by atoms with Crippen LogP contribution in [-0.2, 0) is 6.54 Å². The van der Waals surface area contributed by atoms with Gasteiger partial charge in [0.1, 0.15) is 12.4 Å². The quantitative estimate of drug-likeness (QED) is 0.758. The van der Waals surface area contributed by atoms with E-state index in [9.17, 15) is 0 Å². The van der Waals surface area contributed by atoms with Crippen LogP contribution in [0.25, 0.3) is 10.8 Å². The highest BCUT2D eigenvalue weighted by molar-refractivity contribution is 5.85. The third-order valence-electron chi connectivity index (χ3n) is 2.78. The van der Waals surface area contributed by atoms with E-state index in [1.165, 1.54) is 16.3 Å². The van der Waals surface area contributed by atoms with E-state index in [-0.39, 0.29) is 12.4 Å². The number of hydrogen-bond donors (Lipinski definition) is 1. The van der Waals surface area contributed by atoms with E-state index in [2.05, 4.69) is 41.7 Å². The summed E-state index contributed by atoms with van der Waals surface area (Å²) in [4.78, 5) is 0. The van der Waals surface area contributed by atoms with Gasteiger partial charge >= 0.3 is 0 Å². The van der Waals surface area contributed by atoms with Gasteiger partial charge in [-0.2, -0.15) is 0 Å². The molecule has 2 nitrogen and oxygen atoms in total. The zero-order chi connectivity index (χ0) is 10.1. The lowest BCUT2D eigenvalue weighted by Gasteiger charge is -2.08. The van der Waals surface area contributed by atoms with Crippen molar-refractivity contribution in [1.82, 2.24) is 5.32 Å². The monoisotopic (exact) mass is 235 g/mol. The minimum atomic E-state index is 0. The largest absolute Gasteiger partial charge is 0.492 e. The summed E-state index contributed by atoms with van der Waals surface area (Å²) >= 11 is 0. The molecule has 84 valence electrons. The van der Waals surface area contributed by atoms with Crippen molar-refractivity contribution in [1.29, 1.82) is 0 Å². The maximum atomic E-state index is 5.69. The third-order valence-corrected chi connectivity index (χ3v) is 2.78. The van der Waals surface area contributed by atoms with E-state index < -0.39 is 0 Å². The molecule has 2 aromatic carbocycles. The minimum absolute atomic E-state index is 0. The first-order valence-corrected chi connectivity index (χ1v) is 5.29. The second-order valence-corrected chi connectivity index (χ2v) is 3.83. The Bertz CT molecular complexity index is 454. The molecule has 1 aliphatic rings. The van der Waals surface area contributed by atoms with Crippen LogP contribution in [0.3, 0.4) is 0 Å². The molecule has 16 heavy (non-hydrogen) atoms. The lowest BCUT2D eigenvalue weighted by Crippen LogP contribution is -2.16. The second kappa shape index (κ2) is 4.73. The van der Waals surface area contributed by atoms with Crippen molar-refractivity contribution in [3.63, 3.8) is 0 Å². The Morgan fingerprint density at radius 1 is 1.06 bits per heavy atom. The van der Waals surface area contributed by atoms with Crippen LogP contribution in [0.1, 0.15) is 5.56 Å². The van der Waals surface area contributed by atoms with Gasteiger partial charge in [-0.1, -0.05) is 24.3 Å². The lowest BCUT2D eigenvalue weighted by molar-refractivity contribution is 0.326. The van der Waals surface area contributed by atoms with Gasteiger partial charge in [0, 0.05) is 18.7 Å². The van der Waals surface area contributed by atoms with Crippen molar-refractivity contribution in [3.05, 3.63) is 42.0 Å². The summed E-state index contributed by atoms with van der Waals surface area (Å²) in [5.41, 5.74) is 1.26. The number of rotatable bonds is 0. The topological polar surface area (TPSA) is 21.3 Å². The van der Waals surface area contributed by atoms with Gasteiger partial charge in [0.05, 0.1) is 0 Å².